The monoisotopic (exact) mass is 441 g/mol. The Bertz CT molecular complexity index is 1410. The Morgan fingerprint density at radius 1 is 0.647 bits per heavy atom. The van der Waals surface area contributed by atoms with Gasteiger partial charge in [-0.3, -0.25) is 5.01 Å². The van der Waals surface area contributed by atoms with Crippen LogP contribution in [-0.2, 0) is 0 Å². The molecule has 1 aromatic heterocycles. The van der Waals surface area contributed by atoms with Gasteiger partial charge in [-0.05, 0) is 35.4 Å². The third-order valence-electron chi connectivity index (χ3n) is 6.14. The van der Waals surface area contributed by atoms with E-state index in [4.69, 9.17) is 9.52 Å². The fourth-order valence-electron chi connectivity index (χ4n) is 4.39. The van der Waals surface area contributed by atoms with E-state index in [0.29, 0.717) is 5.89 Å². The minimum absolute atomic E-state index is 0.165. The van der Waals surface area contributed by atoms with E-state index < -0.39 is 0 Å². The Hall–Kier alpha value is -4.44. The van der Waals surface area contributed by atoms with Crippen LogP contribution in [0.4, 0.5) is 5.69 Å². The average Bonchev–Trinajstić information content (AvgIpc) is 3.59. The first kappa shape index (κ1) is 20.2. The second-order valence-electron chi connectivity index (χ2n) is 8.33. The molecule has 34 heavy (non-hydrogen) atoms. The quantitative estimate of drug-likeness (QED) is 0.286. The summed E-state index contributed by atoms with van der Waals surface area (Å²) in [6, 6.07) is 39.5. The Labute approximate surface area is 198 Å². The van der Waals surface area contributed by atoms with Crippen molar-refractivity contribution >= 4 is 11.4 Å². The van der Waals surface area contributed by atoms with E-state index in [1.807, 2.05) is 36.4 Å². The van der Waals surface area contributed by atoms with E-state index in [2.05, 4.69) is 88.9 Å². The van der Waals surface area contributed by atoms with Gasteiger partial charge in [0.05, 0.1) is 23.6 Å². The number of anilines is 1. The molecule has 0 saturated carbocycles. The van der Waals surface area contributed by atoms with Crippen LogP contribution in [0.5, 0.6) is 0 Å². The summed E-state index contributed by atoms with van der Waals surface area (Å²) < 4.78 is 6.02. The van der Waals surface area contributed by atoms with Gasteiger partial charge in [-0.1, -0.05) is 91.0 Å². The molecule has 1 aliphatic heterocycles. The van der Waals surface area contributed by atoms with Gasteiger partial charge < -0.3 is 4.42 Å². The third kappa shape index (κ3) is 3.90. The largest absolute Gasteiger partial charge is 0.436 e. The van der Waals surface area contributed by atoms with E-state index in [1.54, 1.807) is 6.20 Å². The molecule has 1 aliphatic rings. The molecule has 2 heterocycles. The lowest BCUT2D eigenvalue weighted by Crippen LogP contribution is -2.18. The molecule has 4 nitrogen and oxygen atoms in total. The number of oxazole rings is 1. The average molecular weight is 442 g/mol. The summed E-state index contributed by atoms with van der Waals surface area (Å²) in [6.45, 7) is 0. The van der Waals surface area contributed by atoms with Crippen molar-refractivity contribution < 1.29 is 4.42 Å². The first-order chi connectivity index (χ1) is 16.8. The summed E-state index contributed by atoms with van der Waals surface area (Å²) in [4.78, 5) is 4.49. The molecule has 6 rings (SSSR count). The fourth-order valence-corrected chi connectivity index (χ4v) is 4.39. The van der Waals surface area contributed by atoms with Gasteiger partial charge in [0.15, 0.2) is 5.76 Å². The first-order valence-electron chi connectivity index (χ1n) is 11.4. The second kappa shape index (κ2) is 8.83. The van der Waals surface area contributed by atoms with Crippen LogP contribution in [0.25, 0.3) is 22.8 Å². The summed E-state index contributed by atoms with van der Waals surface area (Å²) >= 11 is 0. The Kier molecular flexibility index (Phi) is 5.24. The van der Waals surface area contributed by atoms with Gasteiger partial charge in [-0.25, -0.2) is 4.98 Å². The maximum Gasteiger partial charge on any atom is 0.226 e. The predicted octanol–water partition coefficient (Wildman–Crippen LogP) is 7.36. The highest BCUT2D eigenvalue weighted by Crippen LogP contribution is 2.36. The van der Waals surface area contributed by atoms with Crippen molar-refractivity contribution in [2.45, 2.75) is 12.5 Å². The van der Waals surface area contributed by atoms with Crippen molar-refractivity contribution in [3.63, 3.8) is 0 Å². The number of rotatable bonds is 5. The van der Waals surface area contributed by atoms with Crippen molar-refractivity contribution in [2.75, 3.05) is 5.01 Å². The predicted molar refractivity (Wildman–Crippen MR) is 137 cm³/mol. The summed E-state index contributed by atoms with van der Waals surface area (Å²) in [5.74, 6) is 1.39. The molecule has 0 radical (unpaired) electrons. The molecular weight excluding hydrogens is 418 g/mol. The standard InChI is InChI=1S/C30H23N3O/c1-4-10-23(11-5-1)28-20-27(32-33(28)26-14-8-3-9-15-26)22-16-18-25(19-17-22)30-31-21-29(34-30)24-12-6-2-7-13-24/h1-19,21,28H,20H2. The van der Waals surface area contributed by atoms with Crippen LogP contribution >= 0.6 is 0 Å². The number of hydrazone groups is 1. The lowest BCUT2D eigenvalue weighted by atomic mass is 9.97. The highest BCUT2D eigenvalue weighted by Gasteiger charge is 2.29. The molecule has 1 atom stereocenters. The van der Waals surface area contributed by atoms with Crippen molar-refractivity contribution in [3.05, 3.63) is 133 Å². The molecule has 0 saturated heterocycles. The van der Waals surface area contributed by atoms with Gasteiger partial charge in [0.2, 0.25) is 5.89 Å². The number of aromatic nitrogens is 1. The highest BCUT2D eigenvalue weighted by atomic mass is 16.4. The zero-order valence-corrected chi connectivity index (χ0v) is 18.6. The third-order valence-corrected chi connectivity index (χ3v) is 6.14. The minimum atomic E-state index is 0.165. The molecule has 0 bridgehead atoms. The summed E-state index contributed by atoms with van der Waals surface area (Å²) in [5, 5.41) is 7.18. The van der Waals surface area contributed by atoms with Crippen molar-refractivity contribution in [2.24, 2.45) is 5.10 Å². The Morgan fingerprint density at radius 2 is 1.26 bits per heavy atom. The number of hydrogen-bond acceptors (Lipinski definition) is 4. The van der Waals surface area contributed by atoms with Crippen LogP contribution in [0, 0.1) is 0 Å². The topological polar surface area (TPSA) is 41.6 Å². The normalized spacial score (nSPS) is 15.4. The van der Waals surface area contributed by atoms with Crippen molar-refractivity contribution in [3.8, 4) is 22.8 Å². The molecule has 4 aromatic carbocycles. The van der Waals surface area contributed by atoms with Crippen LogP contribution < -0.4 is 5.01 Å². The summed E-state index contributed by atoms with van der Waals surface area (Å²) in [7, 11) is 0. The zero-order valence-electron chi connectivity index (χ0n) is 18.6. The van der Waals surface area contributed by atoms with E-state index in [9.17, 15) is 0 Å². The van der Waals surface area contributed by atoms with Gasteiger partial charge in [0, 0.05) is 17.5 Å². The van der Waals surface area contributed by atoms with E-state index >= 15 is 0 Å². The molecular formula is C30H23N3O. The van der Waals surface area contributed by atoms with Gasteiger partial charge >= 0.3 is 0 Å². The van der Waals surface area contributed by atoms with E-state index in [0.717, 1.165) is 40.3 Å². The molecule has 0 amide bonds. The van der Waals surface area contributed by atoms with Crippen molar-refractivity contribution in [1.29, 1.82) is 0 Å². The van der Waals surface area contributed by atoms with Crippen LogP contribution in [0.2, 0.25) is 0 Å². The number of nitrogens with zero attached hydrogens (tertiary/aromatic N) is 3. The van der Waals surface area contributed by atoms with Crippen LogP contribution in [0.15, 0.2) is 131 Å². The van der Waals surface area contributed by atoms with Crippen molar-refractivity contribution in [1.82, 2.24) is 4.98 Å². The zero-order chi connectivity index (χ0) is 22.7. The Balaban J connectivity index is 1.28. The van der Waals surface area contributed by atoms with E-state index in [1.165, 1.54) is 5.56 Å². The van der Waals surface area contributed by atoms with Gasteiger partial charge in [-0.15, -0.1) is 0 Å². The molecule has 0 fully saturated rings. The summed E-state index contributed by atoms with van der Waals surface area (Å²) in [6.07, 6.45) is 2.62. The lowest BCUT2D eigenvalue weighted by Gasteiger charge is -2.23. The van der Waals surface area contributed by atoms with Gasteiger partial charge in [-0.2, -0.15) is 5.10 Å². The minimum Gasteiger partial charge on any atom is -0.436 e. The lowest BCUT2D eigenvalue weighted by molar-refractivity contribution is 0.589. The van der Waals surface area contributed by atoms with E-state index in [-0.39, 0.29) is 6.04 Å². The first-order valence-corrected chi connectivity index (χ1v) is 11.4. The van der Waals surface area contributed by atoms with Gasteiger partial charge in [0.1, 0.15) is 0 Å². The molecule has 164 valence electrons. The van der Waals surface area contributed by atoms with Crippen LogP contribution in [0.1, 0.15) is 23.6 Å². The SMILES string of the molecule is c1ccc(-c2cnc(-c3ccc(C4=NN(c5ccccc5)C(c5ccccc5)C4)cc3)o2)cc1. The van der Waals surface area contributed by atoms with Crippen LogP contribution in [-0.4, -0.2) is 10.7 Å². The highest BCUT2D eigenvalue weighted by molar-refractivity contribution is 6.03. The Morgan fingerprint density at radius 3 is 1.97 bits per heavy atom. The molecule has 5 aromatic rings. The molecule has 0 aliphatic carbocycles. The smallest absolute Gasteiger partial charge is 0.226 e. The molecule has 0 spiro atoms. The molecule has 1 unspecified atom stereocenters. The van der Waals surface area contributed by atoms with Gasteiger partial charge in [0.25, 0.3) is 0 Å². The maximum atomic E-state index is 6.02. The number of para-hydroxylation sites is 1. The second-order valence-corrected chi connectivity index (χ2v) is 8.33. The molecule has 4 heteroatoms. The number of benzene rings is 4. The molecule has 0 N–H and O–H groups in total. The number of hydrogen-bond donors (Lipinski definition) is 0. The van der Waals surface area contributed by atoms with Crippen LogP contribution in [0.3, 0.4) is 0 Å². The maximum absolute atomic E-state index is 6.02. The fraction of sp³-hybridized carbons (Fsp3) is 0.0667. The summed E-state index contributed by atoms with van der Waals surface area (Å²) in [5.41, 5.74) is 6.50.